The number of rotatable bonds is 7. The van der Waals surface area contributed by atoms with E-state index in [4.69, 9.17) is 4.84 Å². The molecule has 0 bridgehead atoms. The highest BCUT2D eigenvalue weighted by atomic mass is 16.7. The Hall–Kier alpha value is -3.45. The normalized spacial score (nSPS) is 10.9. The van der Waals surface area contributed by atoms with E-state index in [9.17, 15) is 0 Å². The Kier molecular flexibility index (Phi) is 5.16. The van der Waals surface area contributed by atoms with E-state index in [0.29, 0.717) is 5.95 Å². The summed E-state index contributed by atoms with van der Waals surface area (Å²) in [6, 6.07) is 18.1. The molecule has 2 heterocycles. The fraction of sp³-hybridized carbons (Fsp3) is 0.190. The number of aromatic nitrogens is 4. The standard InChI is InChI=1S/C21H22N6O/c1-26(28-2)17-7-5-6-16(14-17)10-12-22-21-23-13-11-20(25-21)27-15-24-18-8-3-4-9-19(18)27/h3-9,11,13-15H,10,12H2,1-2H3,(H,22,23,25). The van der Waals surface area contributed by atoms with Crippen LogP contribution < -0.4 is 10.4 Å². The minimum absolute atomic E-state index is 0.598. The van der Waals surface area contributed by atoms with Gasteiger partial charge in [-0.3, -0.25) is 14.5 Å². The molecule has 2 aromatic heterocycles. The molecule has 0 atom stereocenters. The molecule has 0 saturated carbocycles. The number of nitrogens with one attached hydrogen (secondary N) is 1. The Morgan fingerprint density at radius 2 is 1.96 bits per heavy atom. The minimum atomic E-state index is 0.598. The Balaban J connectivity index is 1.45. The molecule has 0 radical (unpaired) electrons. The zero-order chi connectivity index (χ0) is 19.3. The molecule has 4 aromatic rings. The largest absolute Gasteiger partial charge is 0.354 e. The van der Waals surface area contributed by atoms with Crippen molar-refractivity contribution >= 4 is 22.7 Å². The molecule has 0 aliphatic carbocycles. The molecule has 0 aliphatic heterocycles. The first-order valence-corrected chi connectivity index (χ1v) is 9.11. The number of imidazole rings is 1. The lowest BCUT2D eigenvalue weighted by Gasteiger charge is -2.16. The first-order valence-electron chi connectivity index (χ1n) is 9.11. The maximum atomic E-state index is 5.23. The predicted octanol–water partition coefficient (Wildman–Crippen LogP) is 3.47. The summed E-state index contributed by atoms with van der Waals surface area (Å²) in [5.41, 5.74) is 4.19. The topological polar surface area (TPSA) is 68.1 Å². The van der Waals surface area contributed by atoms with Crippen molar-refractivity contribution in [1.29, 1.82) is 0 Å². The van der Waals surface area contributed by atoms with Crippen LogP contribution in [0.2, 0.25) is 0 Å². The van der Waals surface area contributed by atoms with Gasteiger partial charge < -0.3 is 5.32 Å². The first-order chi connectivity index (χ1) is 13.7. The third kappa shape index (κ3) is 3.79. The van der Waals surface area contributed by atoms with Crippen molar-refractivity contribution in [1.82, 2.24) is 19.5 Å². The minimum Gasteiger partial charge on any atom is -0.354 e. The highest BCUT2D eigenvalue weighted by Crippen LogP contribution is 2.17. The lowest BCUT2D eigenvalue weighted by Crippen LogP contribution is -2.15. The molecule has 142 valence electrons. The molecule has 0 unspecified atom stereocenters. The average molecular weight is 374 g/mol. The average Bonchev–Trinajstić information content (AvgIpc) is 3.18. The SMILES string of the molecule is CON(C)c1cccc(CCNc2nccc(-n3cnc4ccccc43)n2)c1. The zero-order valence-electron chi connectivity index (χ0n) is 15.9. The molecule has 2 aromatic carbocycles. The van der Waals surface area contributed by atoms with Crippen LogP contribution in [0.15, 0.2) is 67.1 Å². The Morgan fingerprint density at radius 3 is 2.86 bits per heavy atom. The summed E-state index contributed by atoms with van der Waals surface area (Å²) in [5, 5.41) is 5.04. The fourth-order valence-electron chi connectivity index (χ4n) is 3.04. The van der Waals surface area contributed by atoms with E-state index < -0.39 is 0 Å². The van der Waals surface area contributed by atoms with Crippen molar-refractivity contribution in [3.05, 3.63) is 72.7 Å². The van der Waals surface area contributed by atoms with E-state index >= 15 is 0 Å². The number of hydrogen-bond acceptors (Lipinski definition) is 6. The van der Waals surface area contributed by atoms with Gasteiger partial charge in [-0.25, -0.2) is 9.97 Å². The van der Waals surface area contributed by atoms with Crippen molar-refractivity contribution in [2.45, 2.75) is 6.42 Å². The molecule has 4 rings (SSSR count). The smallest absolute Gasteiger partial charge is 0.224 e. The maximum Gasteiger partial charge on any atom is 0.224 e. The lowest BCUT2D eigenvalue weighted by atomic mass is 10.1. The van der Waals surface area contributed by atoms with Crippen LogP contribution in [0.5, 0.6) is 0 Å². The number of hydrogen-bond donors (Lipinski definition) is 1. The van der Waals surface area contributed by atoms with E-state index in [0.717, 1.165) is 35.5 Å². The van der Waals surface area contributed by atoms with Gasteiger partial charge in [0, 0.05) is 19.8 Å². The van der Waals surface area contributed by atoms with Crippen LogP contribution in [0.4, 0.5) is 11.6 Å². The van der Waals surface area contributed by atoms with Gasteiger partial charge in [-0.1, -0.05) is 24.3 Å². The van der Waals surface area contributed by atoms with Gasteiger partial charge in [-0.15, -0.1) is 0 Å². The molecule has 7 nitrogen and oxygen atoms in total. The van der Waals surface area contributed by atoms with Gasteiger partial charge >= 0.3 is 0 Å². The Bertz CT molecular complexity index is 1080. The number of nitrogens with zero attached hydrogens (tertiary/aromatic N) is 5. The number of para-hydroxylation sites is 2. The van der Waals surface area contributed by atoms with Gasteiger partial charge in [0.2, 0.25) is 5.95 Å². The lowest BCUT2D eigenvalue weighted by molar-refractivity contribution is 0.184. The van der Waals surface area contributed by atoms with Crippen LogP contribution in [-0.2, 0) is 11.3 Å². The monoisotopic (exact) mass is 374 g/mol. The van der Waals surface area contributed by atoms with Gasteiger partial charge in [0.1, 0.15) is 12.1 Å². The van der Waals surface area contributed by atoms with Gasteiger partial charge in [0.05, 0.1) is 23.8 Å². The summed E-state index contributed by atoms with van der Waals surface area (Å²) in [7, 11) is 3.54. The number of benzene rings is 2. The molecule has 28 heavy (non-hydrogen) atoms. The predicted molar refractivity (Wildman–Crippen MR) is 111 cm³/mol. The molecule has 0 saturated heterocycles. The highest BCUT2D eigenvalue weighted by molar-refractivity contribution is 5.76. The highest BCUT2D eigenvalue weighted by Gasteiger charge is 2.07. The first kappa shape index (κ1) is 17.9. The second-order valence-corrected chi connectivity index (χ2v) is 6.37. The van der Waals surface area contributed by atoms with Crippen molar-refractivity contribution in [2.24, 2.45) is 0 Å². The number of fused-ring (bicyclic) bond motifs is 1. The summed E-state index contributed by atoms with van der Waals surface area (Å²) >= 11 is 0. The van der Waals surface area contributed by atoms with Crippen LogP contribution in [-0.4, -0.2) is 40.2 Å². The molecule has 0 fully saturated rings. The van der Waals surface area contributed by atoms with Crippen molar-refractivity contribution in [3.63, 3.8) is 0 Å². The molecule has 1 N–H and O–H groups in total. The van der Waals surface area contributed by atoms with Crippen LogP contribution in [0.1, 0.15) is 5.56 Å². The van der Waals surface area contributed by atoms with Crippen LogP contribution >= 0.6 is 0 Å². The summed E-state index contributed by atoms with van der Waals surface area (Å²) in [6.45, 7) is 0.730. The number of anilines is 2. The van der Waals surface area contributed by atoms with Gasteiger partial charge in [0.15, 0.2) is 0 Å². The van der Waals surface area contributed by atoms with E-state index in [1.807, 2.05) is 54.1 Å². The summed E-state index contributed by atoms with van der Waals surface area (Å²) in [5.74, 6) is 1.38. The van der Waals surface area contributed by atoms with Crippen LogP contribution in [0.3, 0.4) is 0 Å². The van der Waals surface area contributed by atoms with Crippen LogP contribution in [0.25, 0.3) is 16.9 Å². The second-order valence-electron chi connectivity index (χ2n) is 6.37. The van der Waals surface area contributed by atoms with Gasteiger partial charge in [-0.2, -0.15) is 4.98 Å². The van der Waals surface area contributed by atoms with Crippen molar-refractivity contribution in [2.75, 3.05) is 31.1 Å². The van der Waals surface area contributed by atoms with E-state index in [1.165, 1.54) is 5.56 Å². The van der Waals surface area contributed by atoms with E-state index in [2.05, 4.69) is 32.4 Å². The quantitative estimate of drug-likeness (QED) is 0.500. The van der Waals surface area contributed by atoms with Crippen molar-refractivity contribution in [3.8, 4) is 5.82 Å². The zero-order valence-corrected chi connectivity index (χ0v) is 15.9. The fourth-order valence-corrected chi connectivity index (χ4v) is 3.04. The van der Waals surface area contributed by atoms with Gasteiger partial charge in [-0.05, 0) is 42.3 Å². The van der Waals surface area contributed by atoms with Gasteiger partial charge in [0.25, 0.3) is 0 Å². The Morgan fingerprint density at radius 1 is 1.07 bits per heavy atom. The molecule has 0 amide bonds. The summed E-state index contributed by atoms with van der Waals surface area (Å²) in [4.78, 5) is 18.6. The Labute approximate surface area is 163 Å². The summed E-state index contributed by atoms with van der Waals surface area (Å²) < 4.78 is 1.96. The van der Waals surface area contributed by atoms with E-state index in [1.54, 1.807) is 24.7 Å². The third-order valence-corrected chi connectivity index (χ3v) is 4.59. The molecular formula is C21H22N6O. The molecule has 0 aliphatic rings. The van der Waals surface area contributed by atoms with E-state index in [-0.39, 0.29) is 0 Å². The second kappa shape index (κ2) is 8.06. The van der Waals surface area contributed by atoms with Crippen molar-refractivity contribution < 1.29 is 4.84 Å². The molecule has 0 spiro atoms. The number of hydroxylamine groups is 1. The maximum absolute atomic E-state index is 5.23. The summed E-state index contributed by atoms with van der Waals surface area (Å²) in [6.07, 6.45) is 4.40. The molecule has 7 heteroatoms. The third-order valence-electron chi connectivity index (χ3n) is 4.59. The van der Waals surface area contributed by atoms with Crippen LogP contribution in [0, 0.1) is 0 Å². The molecular weight excluding hydrogens is 352 g/mol.